The fourth-order valence-corrected chi connectivity index (χ4v) is 2.25. The lowest BCUT2D eigenvalue weighted by molar-refractivity contribution is 0.0525. The number of aromatic nitrogens is 2. The summed E-state index contributed by atoms with van der Waals surface area (Å²) in [4.78, 5) is 10.5. The van der Waals surface area contributed by atoms with Crippen LogP contribution in [0.5, 0.6) is 0 Å². The molecule has 4 nitrogen and oxygen atoms in total. The van der Waals surface area contributed by atoms with Crippen molar-refractivity contribution >= 4 is 17.4 Å². The van der Waals surface area contributed by atoms with Gasteiger partial charge in [-0.1, -0.05) is 11.6 Å². The van der Waals surface area contributed by atoms with Gasteiger partial charge in [0.2, 0.25) is 0 Å². The van der Waals surface area contributed by atoms with Gasteiger partial charge < -0.3 is 9.64 Å². The highest BCUT2D eigenvalue weighted by Crippen LogP contribution is 2.24. The molecule has 0 spiro atoms. The third-order valence-corrected chi connectivity index (χ3v) is 2.98. The minimum atomic E-state index is 0.289. The number of rotatable bonds is 3. The Hall–Kier alpha value is -0.870. The molecule has 0 radical (unpaired) electrons. The summed E-state index contributed by atoms with van der Waals surface area (Å²) in [7, 11) is 0. The molecular weight excluding hydrogens is 226 g/mol. The minimum Gasteiger partial charge on any atom is -0.377 e. The standard InChI is InChI=1S/C11H16ClN3O/c1-2-16-9-4-3-7-15(8-9)11-10(12)13-5-6-14-11/h5-6,9H,2-4,7-8H2,1H3. The largest absolute Gasteiger partial charge is 0.377 e. The zero-order chi connectivity index (χ0) is 11.4. The molecule has 1 aliphatic heterocycles. The van der Waals surface area contributed by atoms with Gasteiger partial charge >= 0.3 is 0 Å². The molecule has 2 heterocycles. The Bertz CT molecular complexity index is 346. The van der Waals surface area contributed by atoms with Crippen molar-refractivity contribution in [2.75, 3.05) is 24.6 Å². The van der Waals surface area contributed by atoms with Crippen molar-refractivity contribution in [2.24, 2.45) is 0 Å². The summed E-state index contributed by atoms with van der Waals surface area (Å²) in [5.41, 5.74) is 0. The minimum absolute atomic E-state index is 0.289. The smallest absolute Gasteiger partial charge is 0.171 e. The molecule has 1 aliphatic rings. The normalized spacial score (nSPS) is 21.1. The average Bonchev–Trinajstić information content (AvgIpc) is 2.30. The maximum absolute atomic E-state index is 6.03. The molecule has 1 unspecified atom stereocenters. The lowest BCUT2D eigenvalue weighted by Crippen LogP contribution is -2.40. The second-order valence-electron chi connectivity index (χ2n) is 3.84. The fraction of sp³-hybridized carbons (Fsp3) is 0.636. The van der Waals surface area contributed by atoms with E-state index >= 15 is 0 Å². The van der Waals surface area contributed by atoms with Crippen LogP contribution in [-0.2, 0) is 4.74 Å². The van der Waals surface area contributed by atoms with Gasteiger partial charge in [0.05, 0.1) is 6.10 Å². The summed E-state index contributed by atoms with van der Waals surface area (Å²) >= 11 is 6.03. The summed E-state index contributed by atoms with van der Waals surface area (Å²) in [6.45, 7) is 4.61. The van der Waals surface area contributed by atoms with Crippen LogP contribution in [0.4, 0.5) is 5.82 Å². The van der Waals surface area contributed by atoms with Crippen LogP contribution in [0.3, 0.4) is 0 Å². The Kier molecular flexibility index (Phi) is 3.96. The van der Waals surface area contributed by atoms with Crippen molar-refractivity contribution in [2.45, 2.75) is 25.9 Å². The summed E-state index contributed by atoms with van der Waals surface area (Å²) in [5, 5.41) is 0.472. The number of hydrogen-bond acceptors (Lipinski definition) is 4. The highest BCUT2D eigenvalue weighted by Gasteiger charge is 2.22. The molecule has 1 fully saturated rings. The number of anilines is 1. The summed E-state index contributed by atoms with van der Waals surface area (Å²) in [6.07, 6.45) is 5.79. The van der Waals surface area contributed by atoms with Crippen LogP contribution in [-0.4, -0.2) is 35.8 Å². The zero-order valence-corrected chi connectivity index (χ0v) is 10.2. The van der Waals surface area contributed by atoms with Gasteiger partial charge in [0.15, 0.2) is 11.0 Å². The van der Waals surface area contributed by atoms with E-state index in [9.17, 15) is 0 Å². The van der Waals surface area contributed by atoms with Crippen molar-refractivity contribution in [1.29, 1.82) is 0 Å². The van der Waals surface area contributed by atoms with Crippen LogP contribution >= 0.6 is 11.6 Å². The van der Waals surface area contributed by atoms with E-state index in [1.807, 2.05) is 6.92 Å². The molecule has 0 N–H and O–H groups in total. The fourth-order valence-electron chi connectivity index (χ4n) is 2.03. The highest BCUT2D eigenvalue weighted by molar-refractivity contribution is 6.31. The van der Waals surface area contributed by atoms with Crippen LogP contribution in [0.2, 0.25) is 5.15 Å². The third-order valence-electron chi connectivity index (χ3n) is 2.72. The van der Waals surface area contributed by atoms with Crippen molar-refractivity contribution in [3.63, 3.8) is 0 Å². The van der Waals surface area contributed by atoms with Gasteiger partial charge in [-0.25, -0.2) is 9.97 Å². The van der Waals surface area contributed by atoms with E-state index in [0.717, 1.165) is 38.4 Å². The molecular formula is C11H16ClN3O. The monoisotopic (exact) mass is 241 g/mol. The third kappa shape index (κ3) is 2.62. The maximum Gasteiger partial charge on any atom is 0.171 e. The van der Waals surface area contributed by atoms with E-state index in [0.29, 0.717) is 5.15 Å². The van der Waals surface area contributed by atoms with Gasteiger partial charge in [-0.05, 0) is 19.8 Å². The molecule has 16 heavy (non-hydrogen) atoms. The molecule has 88 valence electrons. The molecule has 0 aromatic carbocycles. The topological polar surface area (TPSA) is 38.2 Å². The molecule has 0 bridgehead atoms. The van der Waals surface area contributed by atoms with E-state index in [1.54, 1.807) is 12.4 Å². The number of hydrogen-bond donors (Lipinski definition) is 0. The van der Waals surface area contributed by atoms with Gasteiger partial charge in [-0.2, -0.15) is 0 Å². The van der Waals surface area contributed by atoms with Crippen LogP contribution in [0, 0.1) is 0 Å². The molecule has 0 amide bonds. The number of piperidine rings is 1. The SMILES string of the molecule is CCOC1CCCN(c2nccnc2Cl)C1. The van der Waals surface area contributed by atoms with Crippen molar-refractivity contribution < 1.29 is 4.74 Å². The van der Waals surface area contributed by atoms with Crippen molar-refractivity contribution in [3.8, 4) is 0 Å². The van der Waals surface area contributed by atoms with E-state index < -0.39 is 0 Å². The Morgan fingerprint density at radius 2 is 2.31 bits per heavy atom. The average molecular weight is 242 g/mol. The van der Waals surface area contributed by atoms with Crippen LogP contribution in [0.25, 0.3) is 0 Å². The van der Waals surface area contributed by atoms with E-state index in [4.69, 9.17) is 16.3 Å². The first-order valence-corrected chi connectivity index (χ1v) is 6.02. The van der Waals surface area contributed by atoms with Gasteiger partial charge in [0.25, 0.3) is 0 Å². The predicted molar refractivity (Wildman–Crippen MR) is 63.9 cm³/mol. The molecule has 5 heteroatoms. The molecule has 1 atom stereocenters. The van der Waals surface area contributed by atoms with Crippen LogP contribution in [0.1, 0.15) is 19.8 Å². The first kappa shape index (κ1) is 11.6. The van der Waals surface area contributed by atoms with Crippen molar-refractivity contribution in [1.82, 2.24) is 9.97 Å². The molecule has 1 saturated heterocycles. The molecule has 0 aliphatic carbocycles. The van der Waals surface area contributed by atoms with Gasteiger partial charge in [0.1, 0.15) is 0 Å². The van der Waals surface area contributed by atoms with Crippen LogP contribution < -0.4 is 4.90 Å². The van der Waals surface area contributed by atoms with Gasteiger partial charge in [-0.3, -0.25) is 0 Å². The van der Waals surface area contributed by atoms with E-state index in [-0.39, 0.29) is 6.10 Å². The second kappa shape index (κ2) is 5.46. The Labute approximate surface area is 101 Å². The first-order chi connectivity index (χ1) is 7.81. The summed E-state index contributed by atoms with van der Waals surface area (Å²) < 4.78 is 5.64. The molecule has 1 aromatic rings. The maximum atomic E-state index is 6.03. The quantitative estimate of drug-likeness (QED) is 0.813. The van der Waals surface area contributed by atoms with E-state index in [1.165, 1.54) is 0 Å². The first-order valence-electron chi connectivity index (χ1n) is 5.64. The molecule has 2 rings (SSSR count). The zero-order valence-electron chi connectivity index (χ0n) is 9.40. The Balaban J connectivity index is 2.07. The number of ether oxygens (including phenoxy) is 1. The van der Waals surface area contributed by atoms with Gasteiger partial charge in [-0.15, -0.1) is 0 Å². The lowest BCUT2D eigenvalue weighted by atomic mass is 10.1. The Morgan fingerprint density at radius 1 is 1.50 bits per heavy atom. The van der Waals surface area contributed by atoms with Crippen LogP contribution in [0.15, 0.2) is 12.4 Å². The predicted octanol–water partition coefficient (Wildman–Crippen LogP) is 2.14. The van der Waals surface area contributed by atoms with Gasteiger partial charge in [0, 0.05) is 32.1 Å². The second-order valence-corrected chi connectivity index (χ2v) is 4.19. The summed E-state index contributed by atoms with van der Waals surface area (Å²) in [6, 6.07) is 0. The summed E-state index contributed by atoms with van der Waals surface area (Å²) in [5.74, 6) is 0.772. The Morgan fingerprint density at radius 3 is 3.06 bits per heavy atom. The highest BCUT2D eigenvalue weighted by atomic mass is 35.5. The number of halogens is 1. The lowest BCUT2D eigenvalue weighted by Gasteiger charge is -2.33. The number of nitrogens with zero attached hydrogens (tertiary/aromatic N) is 3. The van der Waals surface area contributed by atoms with E-state index in [2.05, 4.69) is 14.9 Å². The molecule has 1 aromatic heterocycles. The molecule has 0 saturated carbocycles. The van der Waals surface area contributed by atoms with Crippen molar-refractivity contribution in [3.05, 3.63) is 17.5 Å².